The molecule has 0 bridgehead atoms. The van der Waals surface area contributed by atoms with Crippen LogP contribution in [-0.2, 0) is 9.53 Å². The van der Waals surface area contributed by atoms with Crippen LogP contribution in [0, 0.1) is 0 Å². The van der Waals surface area contributed by atoms with Crippen LogP contribution in [0.4, 0.5) is 0 Å². The van der Waals surface area contributed by atoms with E-state index in [2.05, 4.69) is 15.2 Å². The summed E-state index contributed by atoms with van der Waals surface area (Å²) in [4.78, 5) is 18.4. The molecule has 1 aromatic heterocycles. The number of nitrogens with one attached hydrogen (secondary N) is 1. The first kappa shape index (κ1) is 16.9. The Morgan fingerprint density at radius 3 is 3.08 bits per heavy atom. The third-order valence-corrected chi connectivity index (χ3v) is 4.55. The Bertz CT molecular complexity index is 621. The average Bonchev–Trinajstić information content (AvgIpc) is 3.15. The minimum absolute atomic E-state index is 0.00597. The van der Waals surface area contributed by atoms with Gasteiger partial charge in [0.1, 0.15) is 23.5 Å². The molecule has 1 aliphatic heterocycles. The lowest BCUT2D eigenvalue weighted by Crippen LogP contribution is -2.44. The maximum absolute atomic E-state index is 12.1. The van der Waals surface area contributed by atoms with Crippen molar-refractivity contribution in [3.63, 3.8) is 0 Å². The maximum Gasteiger partial charge on any atom is 0.234 e. The Kier molecular flexibility index (Phi) is 6.17. The van der Waals surface area contributed by atoms with E-state index in [0.717, 1.165) is 17.3 Å². The van der Waals surface area contributed by atoms with E-state index in [-0.39, 0.29) is 12.0 Å². The smallest absolute Gasteiger partial charge is 0.234 e. The van der Waals surface area contributed by atoms with Gasteiger partial charge in [0.25, 0.3) is 0 Å². The lowest BCUT2D eigenvalue weighted by molar-refractivity contribution is -0.124. The van der Waals surface area contributed by atoms with Gasteiger partial charge in [0.2, 0.25) is 5.91 Å². The Morgan fingerprint density at radius 2 is 2.29 bits per heavy atom. The standard InChI is InChI=1S/C17H21N3O3S/c21-16(18-6-9-22-14-4-2-1-3-5-14)13-20-8-10-23-15(12-20)17-19-7-11-24-17/h1-5,7,11,15H,6,8-10,12-13H2,(H,18,21)/t15-/m0/s1. The fourth-order valence-electron chi connectivity index (χ4n) is 2.52. The monoisotopic (exact) mass is 347 g/mol. The van der Waals surface area contributed by atoms with Crippen LogP contribution in [0.1, 0.15) is 11.1 Å². The Labute approximate surface area is 145 Å². The van der Waals surface area contributed by atoms with Gasteiger partial charge < -0.3 is 14.8 Å². The highest BCUT2D eigenvalue weighted by molar-refractivity contribution is 7.09. The second-order valence-electron chi connectivity index (χ2n) is 5.48. The average molecular weight is 347 g/mol. The minimum atomic E-state index is -0.0343. The number of amides is 1. The van der Waals surface area contributed by atoms with Crippen LogP contribution in [0.3, 0.4) is 0 Å². The molecule has 2 aromatic rings. The number of ether oxygens (including phenoxy) is 2. The summed E-state index contributed by atoms with van der Waals surface area (Å²) in [5, 5.41) is 5.80. The molecule has 0 radical (unpaired) electrons. The van der Waals surface area contributed by atoms with Crippen molar-refractivity contribution in [1.29, 1.82) is 0 Å². The van der Waals surface area contributed by atoms with Gasteiger partial charge in [-0.25, -0.2) is 4.98 Å². The molecule has 1 fully saturated rings. The highest BCUT2D eigenvalue weighted by Crippen LogP contribution is 2.23. The third-order valence-electron chi connectivity index (χ3n) is 3.68. The fourth-order valence-corrected chi connectivity index (χ4v) is 3.20. The summed E-state index contributed by atoms with van der Waals surface area (Å²) in [7, 11) is 0. The van der Waals surface area contributed by atoms with E-state index in [4.69, 9.17) is 9.47 Å². The highest BCUT2D eigenvalue weighted by Gasteiger charge is 2.24. The van der Waals surface area contributed by atoms with Crippen molar-refractivity contribution in [2.45, 2.75) is 6.10 Å². The van der Waals surface area contributed by atoms with Crippen LogP contribution in [0.2, 0.25) is 0 Å². The van der Waals surface area contributed by atoms with Crippen molar-refractivity contribution in [2.24, 2.45) is 0 Å². The first-order valence-corrected chi connectivity index (χ1v) is 8.87. The first-order valence-electron chi connectivity index (χ1n) is 7.99. The van der Waals surface area contributed by atoms with E-state index in [0.29, 0.717) is 32.8 Å². The zero-order valence-electron chi connectivity index (χ0n) is 13.4. The SMILES string of the molecule is O=C(CN1CCO[C@H](c2nccs2)C1)NCCOc1ccccc1. The van der Waals surface area contributed by atoms with Gasteiger partial charge in [-0.15, -0.1) is 11.3 Å². The Balaban J connectivity index is 1.35. The predicted octanol–water partition coefficient (Wildman–Crippen LogP) is 1.71. The molecule has 0 saturated carbocycles. The van der Waals surface area contributed by atoms with Crippen molar-refractivity contribution in [3.8, 4) is 5.75 Å². The fraction of sp³-hybridized carbons (Fsp3) is 0.412. The van der Waals surface area contributed by atoms with Crippen LogP contribution in [0.15, 0.2) is 41.9 Å². The van der Waals surface area contributed by atoms with Gasteiger partial charge in [-0.2, -0.15) is 0 Å². The summed E-state index contributed by atoms with van der Waals surface area (Å²) in [6.45, 7) is 3.40. The molecule has 0 aliphatic carbocycles. The van der Waals surface area contributed by atoms with Crippen LogP contribution < -0.4 is 10.1 Å². The molecular weight excluding hydrogens is 326 g/mol. The molecule has 7 heteroatoms. The number of hydrogen-bond donors (Lipinski definition) is 1. The van der Waals surface area contributed by atoms with E-state index in [1.54, 1.807) is 17.5 Å². The summed E-state index contributed by atoms with van der Waals surface area (Å²) in [5.41, 5.74) is 0. The molecule has 1 N–H and O–H groups in total. The second kappa shape index (κ2) is 8.77. The zero-order chi connectivity index (χ0) is 16.6. The minimum Gasteiger partial charge on any atom is -0.492 e. The highest BCUT2D eigenvalue weighted by atomic mass is 32.1. The van der Waals surface area contributed by atoms with Crippen molar-refractivity contribution >= 4 is 17.2 Å². The molecule has 0 spiro atoms. The van der Waals surface area contributed by atoms with Crippen molar-refractivity contribution in [2.75, 3.05) is 39.4 Å². The van der Waals surface area contributed by atoms with E-state index in [1.807, 2.05) is 35.7 Å². The van der Waals surface area contributed by atoms with Gasteiger partial charge in [0.05, 0.1) is 19.7 Å². The van der Waals surface area contributed by atoms with Gasteiger partial charge in [-0.05, 0) is 12.1 Å². The Morgan fingerprint density at radius 1 is 1.42 bits per heavy atom. The number of hydrogen-bond acceptors (Lipinski definition) is 6. The molecule has 24 heavy (non-hydrogen) atoms. The summed E-state index contributed by atoms with van der Waals surface area (Å²) in [6, 6.07) is 9.58. The predicted molar refractivity (Wildman–Crippen MR) is 92.2 cm³/mol. The molecule has 128 valence electrons. The van der Waals surface area contributed by atoms with E-state index in [9.17, 15) is 4.79 Å². The maximum atomic E-state index is 12.1. The number of carbonyl (C=O) groups excluding carboxylic acids is 1. The van der Waals surface area contributed by atoms with Gasteiger partial charge in [0, 0.05) is 24.7 Å². The number of thiazole rings is 1. The normalized spacial score (nSPS) is 18.2. The number of rotatable bonds is 7. The summed E-state index contributed by atoms with van der Waals surface area (Å²) < 4.78 is 11.3. The lowest BCUT2D eigenvalue weighted by atomic mass is 10.3. The van der Waals surface area contributed by atoms with Crippen molar-refractivity contribution in [1.82, 2.24) is 15.2 Å². The molecular formula is C17H21N3O3S. The molecule has 0 unspecified atom stereocenters. The van der Waals surface area contributed by atoms with Crippen molar-refractivity contribution < 1.29 is 14.3 Å². The van der Waals surface area contributed by atoms with Gasteiger partial charge in [0.15, 0.2) is 0 Å². The number of nitrogens with zero attached hydrogens (tertiary/aromatic N) is 2. The summed E-state index contributed by atoms with van der Waals surface area (Å²) in [5.74, 6) is 0.817. The van der Waals surface area contributed by atoms with E-state index < -0.39 is 0 Å². The molecule has 1 atom stereocenters. The largest absolute Gasteiger partial charge is 0.492 e. The zero-order valence-corrected chi connectivity index (χ0v) is 14.2. The molecule has 3 rings (SSSR count). The molecule has 1 amide bonds. The Hall–Kier alpha value is -1.96. The van der Waals surface area contributed by atoms with Crippen LogP contribution in [0.25, 0.3) is 0 Å². The number of para-hydroxylation sites is 1. The molecule has 1 aromatic carbocycles. The number of morpholine rings is 1. The number of benzene rings is 1. The summed E-state index contributed by atoms with van der Waals surface area (Å²) in [6.07, 6.45) is 1.75. The van der Waals surface area contributed by atoms with Gasteiger partial charge >= 0.3 is 0 Å². The van der Waals surface area contributed by atoms with E-state index in [1.165, 1.54) is 0 Å². The quantitative estimate of drug-likeness (QED) is 0.773. The molecule has 1 aliphatic rings. The lowest BCUT2D eigenvalue weighted by Gasteiger charge is -2.31. The van der Waals surface area contributed by atoms with Crippen LogP contribution in [-0.4, -0.2) is 55.2 Å². The molecule has 6 nitrogen and oxygen atoms in total. The van der Waals surface area contributed by atoms with Gasteiger partial charge in [-0.3, -0.25) is 9.69 Å². The topological polar surface area (TPSA) is 63.7 Å². The number of carbonyl (C=O) groups is 1. The van der Waals surface area contributed by atoms with Crippen LogP contribution >= 0.6 is 11.3 Å². The molecule has 2 heterocycles. The summed E-state index contributed by atoms with van der Waals surface area (Å²) >= 11 is 1.59. The van der Waals surface area contributed by atoms with Gasteiger partial charge in [-0.1, -0.05) is 18.2 Å². The molecule has 1 saturated heterocycles. The third kappa shape index (κ3) is 5.02. The first-order chi connectivity index (χ1) is 11.8. The number of aromatic nitrogens is 1. The second-order valence-corrected chi connectivity index (χ2v) is 6.40. The van der Waals surface area contributed by atoms with E-state index >= 15 is 0 Å². The van der Waals surface area contributed by atoms with Crippen LogP contribution in [0.5, 0.6) is 5.75 Å². The van der Waals surface area contributed by atoms with Crippen molar-refractivity contribution in [3.05, 3.63) is 46.9 Å².